The van der Waals surface area contributed by atoms with Crippen LogP contribution in [-0.4, -0.2) is 48.7 Å². The number of carbonyl (C=O) groups is 2. The Bertz CT molecular complexity index is 1330. The molecule has 0 aliphatic carbocycles. The summed E-state index contributed by atoms with van der Waals surface area (Å²) in [6.45, 7) is -0.559. The van der Waals surface area contributed by atoms with Gasteiger partial charge in [0.25, 0.3) is 5.91 Å². The third-order valence-electron chi connectivity index (χ3n) is 4.20. The predicted molar refractivity (Wildman–Crippen MR) is 127 cm³/mol. The van der Waals surface area contributed by atoms with Gasteiger partial charge in [0.2, 0.25) is 19.6 Å². The number of benzene rings is 2. The van der Waals surface area contributed by atoms with Gasteiger partial charge in [-0.2, -0.15) is 4.72 Å². The average Bonchev–Trinajstić information content (AvgIpc) is 3.26. The number of alkyl halides is 3. The first-order valence-electron chi connectivity index (χ1n) is 9.19. The summed E-state index contributed by atoms with van der Waals surface area (Å²) in [7, 11) is -2.93. The summed E-state index contributed by atoms with van der Waals surface area (Å²) < 4.78 is 30.3. The molecule has 3 aromatic rings. The molecule has 0 saturated carbocycles. The van der Waals surface area contributed by atoms with Crippen molar-refractivity contribution in [2.24, 2.45) is 0 Å². The first kappa shape index (κ1) is 26.2. The van der Waals surface area contributed by atoms with Crippen LogP contribution in [0.1, 0.15) is 16.4 Å². The highest BCUT2D eigenvalue weighted by molar-refractivity contribution is 7.89. The van der Waals surface area contributed by atoms with Crippen molar-refractivity contribution >= 4 is 74.0 Å². The fraction of sp³-hybridized carbons (Fsp3) is 0.158. The summed E-state index contributed by atoms with van der Waals surface area (Å²) in [6, 6.07) is 12.1. The lowest BCUT2D eigenvalue weighted by molar-refractivity contribution is -0.139. The van der Waals surface area contributed by atoms with E-state index >= 15 is 0 Å². The first-order chi connectivity index (χ1) is 15.9. The van der Waals surface area contributed by atoms with E-state index in [4.69, 9.17) is 46.4 Å². The Hall–Kier alpha value is -2.41. The van der Waals surface area contributed by atoms with E-state index in [2.05, 4.69) is 24.9 Å². The van der Waals surface area contributed by atoms with Crippen molar-refractivity contribution in [1.82, 2.24) is 19.5 Å². The van der Waals surface area contributed by atoms with Gasteiger partial charge in [0.15, 0.2) is 5.82 Å². The van der Waals surface area contributed by atoms with Crippen molar-refractivity contribution in [2.75, 3.05) is 19.0 Å². The van der Waals surface area contributed by atoms with Crippen LogP contribution < -0.4 is 10.0 Å². The largest absolute Gasteiger partial charge is 0.468 e. The van der Waals surface area contributed by atoms with Crippen LogP contribution in [-0.2, 0) is 23.3 Å². The Morgan fingerprint density at radius 3 is 2.38 bits per heavy atom. The number of para-hydroxylation sites is 1. The topological polar surface area (TPSA) is 132 Å². The highest BCUT2D eigenvalue weighted by atomic mass is 35.6. The molecule has 0 saturated heterocycles. The Morgan fingerprint density at radius 1 is 1.12 bits per heavy atom. The number of amides is 1. The van der Waals surface area contributed by atoms with E-state index in [1.165, 1.54) is 16.8 Å². The van der Waals surface area contributed by atoms with Gasteiger partial charge in [-0.05, 0) is 30.3 Å². The van der Waals surface area contributed by atoms with Crippen molar-refractivity contribution in [3.05, 3.63) is 65.2 Å². The van der Waals surface area contributed by atoms with Crippen LogP contribution in [0.3, 0.4) is 0 Å². The molecule has 0 bridgehead atoms. The summed E-state index contributed by atoms with van der Waals surface area (Å²) in [5.74, 6) is -1.99. The van der Waals surface area contributed by atoms with Gasteiger partial charge in [-0.25, -0.2) is 18.1 Å². The van der Waals surface area contributed by atoms with E-state index in [1.54, 1.807) is 30.3 Å². The van der Waals surface area contributed by atoms with Gasteiger partial charge in [-0.1, -0.05) is 64.6 Å². The van der Waals surface area contributed by atoms with Crippen LogP contribution in [0, 0.1) is 0 Å². The number of esters is 1. The molecular weight excluding hydrogens is 552 g/mol. The molecule has 0 aliphatic rings. The molecule has 34 heavy (non-hydrogen) atoms. The summed E-state index contributed by atoms with van der Waals surface area (Å²) in [5, 5.41) is 6.51. The second-order valence-corrected chi connectivity index (χ2v) is 11.0. The fourth-order valence-electron chi connectivity index (χ4n) is 2.59. The van der Waals surface area contributed by atoms with Gasteiger partial charge in [-0.3, -0.25) is 9.59 Å². The van der Waals surface area contributed by atoms with Crippen LogP contribution in [0.5, 0.6) is 0 Å². The minimum Gasteiger partial charge on any atom is -0.468 e. The molecule has 3 rings (SSSR count). The van der Waals surface area contributed by atoms with Crippen molar-refractivity contribution in [3.63, 3.8) is 0 Å². The molecule has 2 aromatic carbocycles. The number of nitrogens with zero attached hydrogens (tertiary/aromatic N) is 3. The number of hydrogen-bond donors (Lipinski definition) is 2. The Labute approximate surface area is 214 Å². The lowest BCUT2D eigenvalue weighted by Gasteiger charge is -2.11. The van der Waals surface area contributed by atoms with Crippen LogP contribution in [0.25, 0.3) is 5.69 Å². The monoisotopic (exact) mass is 565 g/mol. The number of hydrogen-bond acceptors (Lipinski definition) is 7. The summed E-state index contributed by atoms with van der Waals surface area (Å²) in [5.41, 5.74) is 0.576. The van der Waals surface area contributed by atoms with Crippen LogP contribution in [0.4, 0.5) is 5.69 Å². The fourth-order valence-corrected chi connectivity index (χ4v) is 4.25. The third-order valence-corrected chi connectivity index (χ3v) is 6.42. The smallest absolute Gasteiger partial charge is 0.320 e. The standard InChI is InChI=1S/C19H15Cl4N5O5S/c1-33-15(29)10-24-34(31,32)12-7-8-14(13(20)9-12)25-17(30)16-26-18(19(21,22)23)28(27-16)11-5-3-2-4-6-11/h2-9,24H,10H2,1H3,(H,25,30). The quantitative estimate of drug-likeness (QED) is 0.330. The SMILES string of the molecule is COC(=O)CNS(=O)(=O)c1ccc(NC(=O)c2nc(C(Cl)(Cl)Cl)n(-c3ccccc3)n2)c(Cl)c1. The van der Waals surface area contributed by atoms with Gasteiger partial charge in [0.05, 0.1) is 28.4 Å². The number of halogens is 4. The Kier molecular flexibility index (Phi) is 8.06. The molecule has 0 atom stereocenters. The van der Waals surface area contributed by atoms with E-state index in [0.29, 0.717) is 5.69 Å². The summed E-state index contributed by atoms with van der Waals surface area (Å²) in [4.78, 5) is 27.8. The van der Waals surface area contributed by atoms with E-state index in [9.17, 15) is 18.0 Å². The first-order valence-corrected chi connectivity index (χ1v) is 12.2. The molecule has 10 nitrogen and oxygen atoms in total. The zero-order valence-corrected chi connectivity index (χ0v) is 21.0. The van der Waals surface area contributed by atoms with Gasteiger partial charge < -0.3 is 10.1 Å². The molecule has 0 unspecified atom stereocenters. The number of sulfonamides is 1. The number of anilines is 1. The number of ether oxygens (including phenoxy) is 1. The van der Waals surface area contributed by atoms with Crippen LogP contribution in [0.15, 0.2) is 53.4 Å². The molecule has 1 heterocycles. The number of nitrogens with one attached hydrogen (secondary N) is 2. The maximum Gasteiger partial charge on any atom is 0.320 e. The van der Waals surface area contributed by atoms with Crippen molar-refractivity contribution in [3.8, 4) is 5.69 Å². The molecule has 180 valence electrons. The normalized spacial score (nSPS) is 11.8. The van der Waals surface area contributed by atoms with Gasteiger partial charge in [0, 0.05) is 0 Å². The van der Waals surface area contributed by atoms with Gasteiger partial charge in [0.1, 0.15) is 6.54 Å². The average molecular weight is 567 g/mol. The molecule has 0 fully saturated rings. The molecule has 15 heteroatoms. The second-order valence-electron chi connectivity index (χ2n) is 6.50. The van der Waals surface area contributed by atoms with Crippen molar-refractivity contribution in [1.29, 1.82) is 0 Å². The molecular formula is C19H15Cl4N5O5S. The minimum atomic E-state index is -4.05. The van der Waals surface area contributed by atoms with E-state index in [0.717, 1.165) is 13.2 Å². The summed E-state index contributed by atoms with van der Waals surface area (Å²) >= 11 is 24.1. The Morgan fingerprint density at radius 2 is 1.79 bits per heavy atom. The maximum absolute atomic E-state index is 12.8. The van der Waals surface area contributed by atoms with Crippen LogP contribution >= 0.6 is 46.4 Å². The van der Waals surface area contributed by atoms with E-state index in [1.807, 2.05) is 0 Å². The van der Waals surface area contributed by atoms with Crippen molar-refractivity contribution < 1.29 is 22.7 Å². The van der Waals surface area contributed by atoms with E-state index in [-0.39, 0.29) is 27.3 Å². The van der Waals surface area contributed by atoms with Gasteiger partial charge in [-0.15, -0.1) is 5.10 Å². The molecule has 1 amide bonds. The molecule has 0 radical (unpaired) electrons. The summed E-state index contributed by atoms with van der Waals surface area (Å²) in [6.07, 6.45) is 0. The Balaban J connectivity index is 1.85. The minimum absolute atomic E-state index is 0.0741. The predicted octanol–water partition coefficient (Wildman–Crippen LogP) is 3.45. The molecule has 2 N–H and O–H groups in total. The zero-order chi connectivity index (χ0) is 25.1. The highest BCUT2D eigenvalue weighted by Gasteiger charge is 2.33. The molecule has 1 aromatic heterocycles. The van der Waals surface area contributed by atoms with E-state index < -0.39 is 32.2 Å². The van der Waals surface area contributed by atoms with Gasteiger partial charge >= 0.3 is 5.97 Å². The highest BCUT2D eigenvalue weighted by Crippen LogP contribution is 2.38. The van der Waals surface area contributed by atoms with Crippen molar-refractivity contribution in [2.45, 2.75) is 8.69 Å². The second kappa shape index (κ2) is 10.5. The molecule has 0 spiro atoms. The lowest BCUT2D eigenvalue weighted by atomic mass is 10.3. The number of methoxy groups -OCH3 is 1. The number of carbonyl (C=O) groups excluding carboxylic acids is 2. The third kappa shape index (κ3) is 6.17. The van der Waals surface area contributed by atoms with Crippen LogP contribution in [0.2, 0.25) is 5.02 Å². The maximum atomic E-state index is 12.8. The number of aromatic nitrogens is 3. The molecule has 0 aliphatic heterocycles. The zero-order valence-electron chi connectivity index (χ0n) is 17.1. The lowest BCUT2D eigenvalue weighted by Crippen LogP contribution is -2.30. The number of rotatable bonds is 7.